The third-order valence-corrected chi connectivity index (χ3v) is 4.51. The van der Waals surface area contributed by atoms with Gasteiger partial charge in [0.25, 0.3) is 0 Å². The van der Waals surface area contributed by atoms with E-state index in [1.54, 1.807) is 18.3 Å². The molecule has 1 atom stereocenters. The zero-order chi connectivity index (χ0) is 18.8. The quantitative estimate of drug-likeness (QED) is 0.733. The topological polar surface area (TPSA) is 78.0 Å². The van der Waals surface area contributed by atoms with Gasteiger partial charge < -0.3 is 16.0 Å². The Kier molecular flexibility index (Phi) is 4.30. The summed E-state index contributed by atoms with van der Waals surface area (Å²) in [6, 6.07) is 11.6. The average Bonchev–Trinajstić information content (AvgIpc) is 3.13. The van der Waals surface area contributed by atoms with Crippen molar-refractivity contribution in [3.63, 3.8) is 0 Å². The Balaban J connectivity index is 1.65. The van der Waals surface area contributed by atoms with E-state index in [1.165, 1.54) is 18.3 Å². The number of pyridine rings is 1. The lowest BCUT2D eigenvalue weighted by molar-refractivity contribution is 0.438. The third kappa shape index (κ3) is 3.13. The lowest BCUT2D eigenvalue weighted by Crippen LogP contribution is -2.33. The van der Waals surface area contributed by atoms with Crippen molar-refractivity contribution in [2.45, 2.75) is 6.17 Å². The van der Waals surface area contributed by atoms with Crippen LogP contribution in [0.1, 0.15) is 11.3 Å². The number of nitrogens with two attached hydrogens (primary N) is 1. The molecule has 1 aromatic heterocycles. The highest BCUT2D eigenvalue weighted by Crippen LogP contribution is 2.30. The molecule has 0 spiro atoms. The number of hydrogen-bond acceptors (Lipinski definition) is 5. The SMILES string of the molecule is N=C(/C(=C\N)C1=CN2C(c3ccccn3)=CNC2C=C1)c1ccc(F)cc1. The van der Waals surface area contributed by atoms with Crippen molar-refractivity contribution < 1.29 is 4.39 Å². The normalized spacial score (nSPS) is 18.5. The summed E-state index contributed by atoms with van der Waals surface area (Å²) in [6.07, 6.45) is 11.0. The minimum atomic E-state index is -0.335. The van der Waals surface area contributed by atoms with E-state index in [9.17, 15) is 4.39 Å². The maximum atomic E-state index is 13.2. The van der Waals surface area contributed by atoms with Gasteiger partial charge in [0.05, 0.1) is 17.1 Å². The second-order valence-electron chi connectivity index (χ2n) is 6.17. The number of fused-ring (bicyclic) bond motifs is 1. The summed E-state index contributed by atoms with van der Waals surface area (Å²) in [7, 11) is 0. The fraction of sp³-hybridized carbons (Fsp3) is 0.0476. The van der Waals surface area contributed by atoms with Crippen molar-refractivity contribution in [1.82, 2.24) is 15.2 Å². The van der Waals surface area contributed by atoms with Gasteiger partial charge in [-0.3, -0.25) is 10.4 Å². The molecule has 1 unspecified atom stereocenters. The van der Waals surface area contributed by atoms with Gasteiger partial charge in [0.15, 0.2) is 0 Å². The zero-order valence-corrected chi connectivity index (χ0v) is 14.4. The van der Waals surface area contributed by atoms with Crippen molar-refractivity contribution in [2.75, 3.05) is 0 Å². The van der Waals surface area contributed by atoms with Gasteiger partial charge in [-0.1, -0.05) is 12.1 Å². The van der Waals surface area contributed by atoms with Crippen molar-refractivity contribution in [2.24, 2.45) is 5.73 Å². The Hall–Kier alpha value is -3.67. The van der Waals surface area contributed by atoms with E-state index in [0.717, 1.165) is 17.0 Å². The summed E-state index contributed by atoms with van der Waals surface area (Å²) in [5.41, 5.74) is 9.84. The molecule has 0 aliphatic carbocycles. The van der Waals surface area contributed by atoms with Crippen LogP contribution in [0.15, 0.2) is 90.6 Å². The summed E-state index contributed by atoms with van der Waals surface area (Å²) in [5.74, 6) is -0.335. The van der Waals surface area contributed by atoms with Crippen molar-refractivity contribution >= 4 is 11.4 Å². The van der Waals surface area contributed by atoms with Crippen LogP contribution in [0.2, 0.25) is 0 Å². The molecule has 1 aromatic carbocycles. The van der Waals surface area contributed by atoms with Gasteiger partial charge in [0, 0.05) is 41.5 Å². The van der Waals surface area contributed by atoms with Crippen molar-refractivity contribution in [3.05, 3.63) is 108 Å². The summed E-state index contributed by atoms with van der Waals surface area (Å²) < 4.78 is 13.2. The highest BCUT2D eigenvalue weighted by Gasteiger charge is 2.27. The van der Waals surface area contributed by atoms with E-state index in [2.05, 4.69) is 15.2 Å². The molecule has 3 heterocycles. The molecule has 27 heavy (non-hydrogen) atoms. The first-order chi connectivity index (χ1) is 13.2. The lowest BCUT2D eigenvalue weighted by Gasteiger charge is -2.28. The first-order valence-electron chi connectivity index (χ1n) is 8.50. The van der Waals surface area contributed by atoms with E-state index in [1.807, 2.05) is 42.8 Å². The number of benzene rings is 1. The Morgan fingerprint density at radius 2 is 2.04 bits per heavy atom. The van der Waals surface area contributed by atoms with Gasteiger partial charge >= 0.3 is 0 Å². The molecule has 4 N–H and O–H groups in total. The molecule has 6 heteroatoms. The van der Waals surface area contributed by atoms with E-state index in [-0.39, 0.29) is 17.7 Å². The van der Waals surface area contributed by atoms with Gasteiger partial charge in [0.1, 0.15) is 12.0 Å². The molecule has 0 radical (unpaired) electrons. The molecular formula is C21H18FN5. The van der Waals surface area contributed by atoms with Crippen LogP contribution < -0.4 is 11.1 Å². The molecule has 4 rings (SSSR count). The number of aromatic nitrogens is 1. The van der Waals surface area contributed by atoms with Crippen LogP contribution in [0.25, 0.3) is 5.70 Å². The molecule has 2 aromatic rings. The fourth-order valence-electron chi connectivity index (χ4n) is 3.13. The molecule has 134 valence electrons. The Labute approximate surface area is 156 Å². The monoisotopic (exact) mass is 359 g/mol. The fourth-order valence-corrected chi connectivity index (χ4v) is 3.13. The van der Waals surface area contributed by atoms with Crippen LogP contribution >= 0.6 is 0 Å². The van der Waals surface area contributed by atoms with Crippen LogP contribution in [-0.2, 0) is 0 Å². The highest BCUT2D eigenvalue weighted by molar-refractivity contribution is 6.13. The van der Waals surface area contributed by atoms with E-state index in [0.29, 0.717) is 11.1 Å². The van der Waals surface area contributed by atoms with Gasteiger partial charge in [-0.15, -0.1) is 0 Å². The summed E-state index contributed by atoms with van der Waals surface area (Å²) >= 11 is 0. The predicted octanol–water partition coefficient (Wildman–Crippen LogP) is 3.11. The standard InChI is InChI=1S/C21H18FN5/c22-16-7-4-14(5-8-16)21(24)17(11-23)15-6-9-20-26-12-19(27(20)13-15)18-3-1-2-10-25-18/h1-13,20,24,26H,23H2/b17-11-,24-21?. The highest BCUT2D eigenvalue weighted by atomic mass is 19.1. The van der Waals surface area contributed by atoms with Crippen molar-refractivity contribution in [3.8, 4) is 0 Å². The molecule has 0 saturated heterocycles. The van der Waals surface area contributed by atoms with Gasteiger partial charge in [-0.25, -0.2) is 4.39 Å². The molecule has 0 bridgehead atoms. The second kappa shape index (κ2) is 6.92. The van der Waals surface area contributed by atoms with E-state index < -0.39 is 0 Å². The number of nitrogens with one attached hydrogen (secondary N) is 2. The maximum Gasteiger partial charge on any atom is 0.123 e. The molecule has 0 saturated carbocycles. The molecule has 5 nitrogen and oxygen atoms in total. The number of rotatable bonds is 4. The van der Waals surface area contributed by atoms with E-state index in [4.69, 9.17) is 11.1 Å². The average molecular weight is 359 g/mol. The summed E-state index contributed by atoms with van der Waals surface area (Å²) in [4.78, 5) is 6.47. The number of allylic oxidation sites excluding steroid dienone is 3. The van der Waals surface area contributed by atoms with Crippen LogP contribution in [0.3, 0.4) is 0 Å². The summed E-state index contributed by atoms with van der Waals surface area (Å²) in [5, 5.41) is 11.8. The van der Waals surface area contributed by atoms with Gasteiger partial charge in [-0.05, 0) is 42.5 Å². The lowest BCUT2D eigenvalue weighted by atomic mass is 9.95. The van der Waals surface area contributed by atoms with E-state index >= 15 is 0 Å². The number of hydrogen-bond donors (Lipinski definition) is 3. The molecule has 2 aliphatic heterocycles. The minimum absolute atomic E-state index is 0.00946. The molecule has 0 fully saturated rings. The van der Waals surface area contributed by atoms with Crippen LogP contribution in [0.4, 0.5) is 4.39 Å². The Morgan fingerprint density at radius 3 is 2.74 bits per heavy atom. The smallest absolute Gasteiger partial charge is 0.123 e. The third-order valence-electron chi connectivity index (χ3n) is 4.51. The zero-order valence-electron chi connectivity index (χ0n) is 14.4. The van der Waals surface area contributed by atoms with Crippen LogP contribution in [-0.4, -0.2) is 21.8 Å². The maximum absolute atomic E-state index is 13.2. The van der Waals surface area contributed by atoms with Crippen molar-refractivity contribution in [1.29, 1.82) is 5.41 Å². The first-order valence-corrected chi connectivity index (χ1v) is 8.50. The second-order valence-corrected chi connectivity index (χ2v) is 6.17. The molecule has 0 amide bonds. The van der Waals surface area contributed by atoms with Gasteiger partial charge in [-0.2, -0.15) is 0 Å². The minimum Gasteiger partial charge on any atom is -0.404 e. The van der Waals surface area contributed by atoms with Crippen LogP contribution in [0.5, 0.6) is 0 Å². The Bertz CT molecular complexity index is 987. The predicted molar refractivity (Wildman–Crippen MR) is 104 cm³/mol. The van der Waals surface area contributed by atoms with Crippen LogP contribution in [0, 0.1) is 11.2 Å². The first kappa shape index (κ1) is 16.8. The number of halogens is 1. The van der Waals surface area contributed by atoms with Gasteiger partial charge in [0.2, 0.25) is 0 Å². The molecule has 2 aliphatic rings. The molecular weight excluding hydrogens is 341 g/mol. The Morgan fingerprint density at radius 1 is 1.22 bits per heavy atom. The largest absolute Gasteiger partial charge is 0.404 e. The number of nitrogens with zero attached hydrogens (tertiary/aromatic N) is 2. The summed E-state index contributed by atoms with van der Waals surface area (Å²) in [6.45, 7) is 0.